The standard InChI is InChI=1S/C12H18OS/c1-9(2)8-11(13)10-6-4-5-7-12(10)14-3/h4-7,9,11,13H,8H2,1-3H3. The van der Waals surface area contributed by atoms with Crippen molar-refractivity contribution in [3.05, 3.63) is 29.8 Å². The van der Waals surface area contributed by atoms with Crippen molar-refractivity contribution in [2.75, 3.05) is 6.26 Å². The molecule has 0 aromatic heterocycles. The first-order valence-corrected chi connectivity index (χ1v) is 6.18. The minimum Gasteiger partial charge on any atom is -0.388 e. The van der Waals surface area contributed by atoms with E-state index in [2.05, 4.69) is 19.9 Å². The zero-order chi connectivity index (χ0) is 10.6. The van der Waals surface area contributed by atoms with Gasteiger partial charge in [0, 0.05) is 4.90 Å². The van der Waals surface area contributed by atoms with Crippen LogP contribution in [0.15, 0.2) is 29.2 Å². The summed E-state index contributed by atoms with van der Waals surface area (Å²) in [6.07, 6.45) is 2.55. The van der Waals surface area contributed by atoms with E-state index in [1.165, 1.54) is 4.90 Å². The SMILES string of the molecule is CSc1ccccc1C(O)CC(C)C. The lowest BCUT2D eigenvalue weighted by Crippen LogP contribution is -2.03. The second kappa shape index (κ2) is 5.42. The van der Waals surface area contributed by atoms with E-state index in [9.17, 15) is 5.11 Å². The molecule has 0 saturated carbocycles. The maximum Gasteiger partial charge on any atom is 0.0803 e. The third-order valence-corrected chi connectivity index (χ3v) is 3.00. The van der Waals surface area contributed by atoms with Crippen LogP contribution in [0.4, 0.5) is 0 Å². The summed E-state index contributed by atoms with van der Waals surface area (Å²) in [6.45, 7) is 4.26. The highest BCUT2D eigenvalue weighted by atomic mass is 32.2. The van der Waals surface area contributed by atoms with Crippen LogP contribution in [-0.4, -0.2) is 11.4 Å². The molecule has 1 nitrogen and oxygen atoms in total. The lowest BCUT2D eigenvalue weighted by molar-refractivity contribution is 0.148. The fraction of sp³-hybridized carbons (Fsp3) is 0.500. The van der Waals surface area contributed by atoms with Gasteiger partial charge >= 0.3 is 0 Å². The summed E-state index contributed by atoms with van der Waals surface area (Å²) < 4.78 is 0. The summed E-state index contributed by atoms with van der Waals surface area (Å²) in [5.41, 5.74) is 1.06. The summed E-state index contributed by atoms with van der Waals surface area (Å²) >= 11 is 1.69. The largest absolute Gasteiger partial charge is 0.388 e. The van der Waals surface area contributed by atoms with Gasteiger partial charge in [0.2, 0.25) is 0 Å². The normalized spacial score (nSPS) is 13.2. The van der Waals surface area contributed by atoms with E-state index in [-0.39, 0.29) is 6.10 Å². The quantitative estimate of drug-likeness (QED) is 0.768. The van der Waals surface area contributed by atoms with E-state index in [0.717, 1.165) is 12.0 Å². The molecular formula is C12H18OS. The molecular weight excluding hydrogens is 192 g/mol. The maximum atomic E-state index is 9.99. The van der Waals surface area contributed by atoms with E-state index in [1.54, 1.807) is 11.8 Å². The number of thioether (sulfide) groups is 1. The van der Waals surface area contributed by atoms with Crippen LogP contribution in [0.1, 0.15) is 31.9 Å². The molecule has 0 saturated heterocycles. The maximum absolute atomic E-state index is 9.99. The van der Waals surface area contributed by atoms with Crippen LogP contribution in [0, 0.1) is 5.92 Å². The fourth-order valence-electron chi connectivity index (χ4n) is 1.52. The molecule has 0 aliphatic heterocycles. The lowest BCUT2D eigenvalue weighted by Gasteiger charge is -2.16. The van der Waals surface area contributed by atoms with Gasteiger partial charge in [0.25, 0.3) is 0 Å². The highest BCUT2D eigenvalue weighted by Crippen LogP contribution is 2.29. The second-order valence-corrected chi connectivity index (χ2v) is 4.74. The zero-order valence-electron chi connectivity index (χ0n) is 9.03. The van der Waals surface area contributed by atoms with Crippen molar-refractivity contribution in [3.8, 4) is 0 Å². The monoisotopic (exact) mass is 210 g/mol. The Bertz CT molecular complexity index is 283. The van der Waals surface area contributed by atoms with Gasteiger partial charge in [-0.05, 0) is 30.2 Å². The molecule has 0 fully saturated rings. The average Bonchev–Trinajstić information content (AvgIpc) is 2.16. The molecule has 0 aliphatic rings. The smallest absolute Gasteiger partial charge is 0.0803 e. The van der Waals surface area contributed by atoms with Gasteiger partial charge in [-0.3, -0.25) is 0 Å². The predicted molar refractivity (Wildman–Crippen MR) is 62.6 cm³/mol. The van der Waals surface area contributed by atoms with Gasteiger partial charge in [0.05, 0.1) is 6.10 Å². The molecule has 0 spiro atoms. The Kier molecular flexibility index (Phi) is 4.49. The minimum absolute atomic E-state index is 0.321. The molecule has 1 aromatic rings. The molecule has 0 bridgehead atoms. The highest BCUT2D eigenvalue weighted by Gasteiger charge is 2.12. The Morgan fingerprint density at radius 3 is 2.50 bits per heavy atom. The van der Waals surface area contributed by atoms with Crippen LogP contribution in [0.3, 0.4) is 0 Å². The number of hydrogen-bond donors (Lipinski definition) is 1. The van der Waals surface area contributed by atoms with Crippen molar-refractivity contribution in [3.63, 3.8) is 0 Å². The molecule has 0 heterocycles. The van der Waals surface area contributed by atoms with Gasteiger partial charge in [0.15, 0.2) is 0 Å². The number of rotatable bonds is 4. The summed E-state index contributed by atoms with van der Waals surface area (Å²) in [5.74, 6) is 0.528. The molecule has 0 radical (unpaired) electrons. The van der Waals surface area contributed by atoms with Crippen molar-refractivity contribution in [1.82, 2.24) is 0 Å². The number of aliphatic hydroxyl groups is 1. The Balaban J connectivity index is 2.82. The Morgan fingerprint density at radius 1 is 1.29 bits per heavy atom. The summed E-state index contributed by atoms with van der Waals surface area (Å²) in [5, 5.41) is 9.99. The topological polar surface area (TPSA) is 20.2 Å². The molecule has 14 heavy (non-hydrogen) atoms. The van der Waals surface area contributed by atoms with Crippen molar-refractivity contribution in [2.45, 2.75) is 31.3 Å². The van der Waals surface area contributed by atoms with Crippen LogP contribution in [0.5, 0.6) is 0 Å². The molecule has 1 rings (SSSR count). The molecule has 1 N–H and O–H groups in total. The number of hydrogen-bond acceptors (Lipinski definition) is 2. The summed E-state index contributed by atoms with van der Waals surface area (Å²) in [7, 11) is 0. The lowest BCUT2D eigenvalue weighted by atomic mass is 10.00. The van der Waals surface area contributed by atoms with E-state index in [4.69, 9.17) is 0 Å². The zero-order valence-corrected chi connectivity index (χ0v) is 9.84. The third-order valence-electron chi connectivity index (χ3n) is 2.19. The van der Waals surface area contributed by atoms with E-state index < -0.39 is 0 Å². The van der Waals surface area contributed by atoms with Gasteiger partial charge in [-0.2, -0.15) is 0 Å². The minimum atomic E-state index is -0.321. The molecule has 2 heteroatoms. The Hall–Kier alpha value is -0.470. The molecule has 1 unspecified atom stereocenters. The third kappa shape index (κ3) is 3.03. The van der Waals surface area contributed by atoms with Gasteiger partial charge in [-0.1, -0.05) is 32.0 Å². The van der Waals surface area contributed by atoms with Crippen molar-refractivity contribution in [2.24, 2.45) is 5.92 Å². The van der Waals surface area contributed by atoms with Crippen molar-refractivity contribution >= 4 is 11.8 Å². The molecule has 0 amide bonds. The Morgan fingerprint density at radius 2 is 1.93 bits per heavy atom. The fourth-order valence-corrected chi connectivity index (χ4v) is 2.17. The van der Waals surface area contributed by atoms with Crippen molar-refractivity contribution in [1.29, 1.82) is 0 Å². The van der Waals surface area contributed by atoms with E-state index in [0.29, 0.717) is 5.92 Å². The van der Waals surface area contributed by atoms with E-state index in [1.807, 2.05) is 24.5 Å². The molecule has 78 valence electrons. The Labute approximate surface area is 90.5 Å². The van der Waals surface area contributed by atoms with Gasteiger partial charge in [-0.25, -0.2) is 0 Å². The van der Waals surface area contributed by atoms with Crippen LogP contribution in [-0.2, 0) is 0 Å². The average molecular weight is 210 g/mol. The van der Waals surface area contributed by atoms with Gasteiger partial charge in [-0.15, -0.1) is 11.8 Å². The highest BCUT2D eigenvalue weighted by molar-refractivity contribution is 7.98. The summed E-state index contributed by atoms with van der Waals surface area (Å²) in [6, 6.07) is 8.07. The molecule has 0 aliphatic carbocycles. The predicted octanol–water partition coefficient (Wildman–Crippen LogP) is 3.49. The van der Waals surface area contributed by atoms with Gasteiger partial charge in [0.1, 0.15) is 0 Å². The first kappa shape index (κ1) is 11.6. The number of benzene rings is 1. The van der Waals surface area contributed by atoms with Gasteiger partial charge < -0.3 is 5.11 Å². The van der Waals surface area contributed by atoms with E-state index >= 15 is 0 Å². The van der Waals surface area contributed by atoms with Crippen LogP contribution in [0.2, 0.25) is 0 Å². The van der Waals surface area contributed by atoms with Crippen LogP contribution >= 0.6 is 11.8 Å². The molecule has 1 atom stereocenters. The first-order chi connectivity index (χ1) is 6.65. The second-order valence-electron chi connectivity index (χ2n) is 3.89. The van der Waals surface area contributed by atoms with Crippen LogP contribution < -0.4 is 0 Å². The summed E-state index contributed by atoms with van der Waals surface area (Å²) in [4.78, 5) is 1.18. The first-order valence-electron chi connectivity index (χ1n) is 4.96. The number of aliphatic hydroxyl groups excluding tert-OH is 1. The van der Waals surface area contributed by atoms with Crippen LogP contribution in [0.25, 0.3) is 0 Å². The van der Waals surface area contributed by atoms with Crippen molar-refractivity contribution < 1.29 is 5.11 Å². The molecule has 1 aromatic carbocycles.